The minimum atomic E-state index is -0.784. The first-order valence-electron chi connectivity index (χ1n) is 5.02. The van der Waals surface area contributed by atoms with Crippen molar-refractivity contribution < 1.29 is 18.3 Å². The van der Waals surface area contributed by atoms with Crippen LogP contribution in [0.25, 0.3) is 10.9 Å². The van der Waals surface area contributed by atoms with Gasteiger partial charge in [0.1, 0.15) is 16.8 Å². The van der Waals surface area contributed by atoms with Gasteiger partial charge in [0.05, 0.1) is 19.0 Å². The minimum absolute atomic E-state index is 0.0615. The highest BCUT2D eigenvalue weighted by Crippen LogP contribution is 2.25. The molecule has 0 saturated carbocycles. The van der Waals surface area contributed by atoms with E-state index in [0.717, 1.165) is 12.1 Å². The summed E-state index contributed by atoms with van der Waals surface area (Å²) in [5.74, 6) is -2.07. The molecule has 3 nitrogen and oxygen atoms in total. The lowest BCUT2D eigenvalue weighted by molar-refractivity contribution is -0.139. The molecule has 1 heterocycles. The average Bonchev–Trinajstić information content (AvgIpc) is 2.26. The van der Waals surface area contributed by atoms with E-state index in [4.69, 9.17) is 11.6 Å². The molecular formula is C12H8ClF2NO2. The summed E-state index contributed by atoms with van der Waals surface area (Å²) in [6.07, 6.45) is -0.155. The number of fused-ring (bicyclic) bond motifs is 1. The quantitative estimate of drug-likeness (QED) is 0.623. The van der Waals surface area contributed by atoms with Gasteiger partial charge >= 0.3 is 5.97 Å². The SMILES string of the molecule is COC(=O)Cc1cc(Cl)nc2cc(F)cc(F)c12. The molecule has 0 aliphatic rings. The second-order valence-corrected chi connectivity index (χ2v) is 4.03. The molecule has 0 atom stereocenters. The molecule has 0 radical (unpaired) electrons. The van der Waals surface area contributed by atoms with Crippen molar-refractivity contribution in [3.8, 4) is 0 Å². The van der Waals surface area contributed by atoms with Gasteiger partial charge in [-0.1, -0.05) is 11.6 Å². The van der Waals surface area contributed by atoms with Gasteiger partial charge in [-0.2, -0.15) is 0 Å². The van der Waals surface area contributed by atoms with E-state index in [-0.39, 0.29) is 22.5 Å². The van der Waals surface area contributed by atoms with Gasteiger partial charge in [0, 0.05) is 17.5 Å². The van der Waals surface area contributed by atoms with E-state index in [1.54, 1.807) is 0 Å². The van der Waals surface area contributed by atoms with Gasteiger partial charge in [0.25, 0.3) is 0 Å². The van der Waals surface area contributed by atoms with Crippen LogP contribution in [0.2, 0.25) is 5.15 Å². The van der Waals surface area contributed by atoms with Crippen LogP contribution in [0.4, 0.5) is 8.78 Å². The number of esters is 1. The van der Waals surface area contributed by atoms with Crippen molar-refractivity contribution in [3.63, 3.8) is 0 Å². The molecule has 0 amide bonds. The van der Waals surface area contributed by atoms with Gasteiger partial charge in [0.15, 0.2) is 0 Å². The Morgan fingerprint density at radius 2 is 2.11 bits per heavy atom. The van der Waals surface area contributed by atoms with Crippen LogP contribution in [-0.4, -0.2) is 18.1 Å². The molecule has 1 aromatic heterocycles. The molecule has 0 aliphatic heterocycles. The van der Waals surface area contributed by atoms with Crippen molar-refractivity contribution in [1.82, 2.24) is 4.98 Å². The summed E-state index contributed by atoms with van der Waals surface area (Å²) in [6, 6.07) is 3.16. The Balaban J connectivity index is 2.68. The lowest BCUT2D eigenvalue weighted by Gasteiger charge is -2.07. The smallest absolute Gasteiger partial charge is 0.310 e. The number of halogens is 3. The molecular weight excluding hydrogens is 264 g/mol. The van der Waals surface area contributed by atoms with Crippen LogP contribution in [-0.2, 0) is 16.0 Å². The first-order chi connectivity index (χ1) is 8.51. The van der Waals surface area contributed by atoms with Gasteiger partial charge < -0.3 is 4.74 Å². The number of ether oxygens (including phenoxy) is 1. The Kier molecular flexibility index (Phi) is 3.43. The van der Waals surface area contributed by atoms with Crippen LogP contribution in [0.5, 0.6) is 0 Å². The topological polar surface area (TPSA) is 39.2 Å². The summed E-state index contributed by atoms with van der Waals surface area (Å²) < 4.78 is 31.3. The minimum Gasteiger partial charge on any atom is -0.469 e. The number of hydrogen-bond acceptors (Lipinski definition) is 3. The Bertz CT molecular complexity index is 626. The summed E-state index contributed by atoms with van der Waals surface area (Å²) in [5.41, 5.74) is 0.383. The van der Waals surface area contributed by atoms with Crippen molar-refractivity contribution >= 4 is 28.5 Å². The van der Waals surface area contributed by atoms with Crippen LogP contribution in [0.3, 0.4) is 0 Å². The zero-order valence-corrected chi connectivity index (χ0v) is 10.1. The molecule has 0 spiro atoms. The van der Waals surface area contributed by atoms with Gasteiger partial charge in [-0.15, -0.1) is 0 Å². The van der Waals surface area contributed by atoms with Crippen LogP contribution in [0, 0.1) is 11.6 Å². The fraction of sp³-hybridized carbons (Fsp3) is 0.167. The molecule has 6 heteroatoms. The van der Waals surface area contributed by atoms with E-state index in [9.17, 15) is 13.6 Å². The fourth-order valence-electron chi connectivity index (χ4n) is 1.70. The molecule has 1 aromatic carbocycles. The van der Waals surface area contributed by atoms with Crippen LogP contribution in [0.15, 0.2) is 18.2 Å². The van der Waals surface area contributed by atoms with Crippen LogP contribution < -0.4 is 0 Å². The Labute approximate surface area is 106 Å². The number of benzene rings is 1. The molecule has 0 bridgehead atoms. The molecule has 2 aromatic rings. The second-order valence-electron chi connectivity index (χ2n) is 3.64. The summed E-state index contributed by atoms with van der Waals surface area (Å²) in [5, 5.41) is 0.137. The first-order valence-corrected chi connectivity index (χ1v) is 5.40. The van der Waals surface area contributed by atoms with Gasteiger partial charge in [-0.25, -0.2) is 13.8 Å². The number of carbonyl (C=O) groups is 1. The largest absolute Gasteiger partial charge is 0.469 e. The number of pyridine rings is 1. The van der Waals surface area contributed by atoms with E-state index in [2.05, 4.69) is 9.72 Å². The summed E-state index contributed by atoms with van der Waals surface area (Å²) in [7, 11) is 1.23. The second kappa shape index (κ2) is 4.86. The predicted molar refractivity (Wildman–Crippen MR) is 62.4 cm³/mol. The molecule has 0 fully saturated rings. The number of carbonyl (C=O) groups excluding carboxylic acids is 1. The Hall–Kier alpha value is -1.75. The number of hydrogen-bond donors (Lipinski definition) is 0. The van der Waals surface area contributed by atoms with Gasteiger partial charge in [-0.05, 0) is 11.6 Å². The number of rotatable bonds is 2. The van der Waals surface area contributed by atoms with E-state index in [0.29, 0.717) is 5.56 Å². The normalized spacial score (nSPS) is 10.7. The molecule has 0 unspecified atom stereocenters. The van der Waals surface area contributed by atoms with Gasteiger partial charge in [-0.3, -0.25) is 4.79 Å². The van der Waals surface area contributed by atoms with Crippen molar-refractivity contribution in [3.05, 3.63) is 40.6 Å². The highest BCUT2D eigenvalue weighted by molar-refractivity contribution is 6.30. The van der Waals surface area contributed by atoms with E-state index >= 15 is 0 Å². The molecule has 94 valence electrons. The van der Waals surface area contributed by atoms with Crippen molar-refractivity contribution in [1.29, 1.82) is 0 Å². The third-order valence-corrected chi connectivity index (χ3v) is 2.63. The van der Waals surface area contributed by atoms with Crippen molar-refractivity contribution in [2.45, 2.75) is 6.42 Å². The molecule has 0 aliphatic carbocycles. The third-order valence-electron chi connectivity index (χ3n) is 2.44. The lowest BCUT2D eigenvalue weighted by Crippen LogP contribution is -2.06. The summed E-state index contributed by atoms with van der Waals surface area (Å²) >= 11 is 5.75. The molecule has 0 saturated heterocycles. The maximum atomic E-state index is 13.7. The van der Waals surface area contributed by atoms with E-state index in [1.165, 1.54) is 13.2 Å². The van der Waals surface area contributed by atoms with E-state index < -0.39 is 17.6 Å². The highest BCUT2D eigenvalue weighted by atomic mass is 35.5. The Morgan fingerprint density at radius 1 is 1.39 bits per heavy atom. The third kappa shape index (κ3) is 2.41. The Morgan fingerprint density at radius 3 is 2.78 bits per heavy atom. The maximum Gasteiger partial charge on any atom is 0.310 e. The standard InChI is InChI=1S/C12H8ClF2NO2/c1-18-11(17)3-6-2-10(13)16-9-5-7(14)4-8(15)12(6)9/h2,4-5H,3H2,1H3. The average molecular weight is 272 g/mol. The fourth-order valence-corrected chi connectivity index (χ4v) is 1.92. The molecule has 18 heavy (non-hydrogen) atoms. The summed E-state index contributed by atoms with van der Waals surface area (Å²) in [4.78, 5) is 15.1. The van der Waals surface area contributed by atoms with E-state index in [1.807, 2.05) is 0 Å². The summed E-state index contributed by atoms with van der Waals surface area (Å²) in [6.45, 7) is 0. The number of aromatic nitrogens is 1. The van der Waals surface area contributed by atoms with Crippen molar-refractivity contribution in [2.24, 2.45) is 0 Å². The molecule has 0 N–H and O–H groups in total. The zero-order chi connectivity index (χ0) is 13.3. The number of methoxy groups -OCH3 is 1. The highest BCUT2D eigenvalue weighted by Gasteiger charge is 2.14. The zero-order valence-electron chi connectivity index (χ0n) is 9.34. The first kappa shape index (κ1) is 12.7. The predicted octanol–water partition coefficient (Wildman–Crippen LogP) is 2.88. The number of nitrogens with zero attached hydrogens (tertiary/aromatic N) is 1. The van der Waals surface area contributed by atoms with Crippen LogP contribution >= 0.6 is 11.6 Å². The van der Waals surface area contributed by atoms with Crippen molar-refractivity contribution in [2.75, 3.05) is 7.11 Å². The lowest BCUT2D eigenvalue weighted by atomic mass is 10.1. The van der Waals surface area contributed by atoms with Crippen LogP contribution in [0.1, 0.15) is 5.56 Å². The maximum absolute atomic E-state index is 13.7. The van der Waals surface area contributed by atoms with Gasteiger partial charge in [0.2, 0.25) is 0 Å². The molecule has 2 rings (SSSR count). The monoisotopic (exact) mass is 271 g/mol.